The van der Waals surface area contributed by atoms with E-state index in [2.05, 4.69) is 30.6 Å². The highest BCUT2D eigenvalue weighted by molar-refractivity contribution is 5.76. The number of aliphatic hydroxyl groups is 1. The fraction of sp³-hybridized carbons (Fsp3) is 0.389. The summed E-state index contributed by atoms with van der Waals surface area (Å²) in [5.74, 6) is 0.0433. The SMILES string of the molecule is C=CCC(CC(=C)C)c1ccccc1CCNC(=O)CO. The molecule has 114 valence electrons. The van der Waals surface area contributed by atoms with Crippen molar-refractivity contribution in [1.29, 1.82) is 0 Å². The molecule has 21 heavy (non-hydrogen) atoms. The summed E-state index contributed by atoms with van der Waals surface area (Å²) in [7, 11) is 0. The zero-order chi connectivity index (χ0) is 15.7. The van der Waals surface area contributed by atoms with Crippen molar-refractivity contribution < 1.29 is 9.90 Å². The molecule has 0 aromatic heterocycles. The number of amides is 1. The van der Waals surface area contributed by atoms with E-state index >= 15 is 0 Å². The van der Waals surface area contributed by atoms with Gasteiger partial charge in [0.05, 0.1) is 0 Å². The van der Waals surface area contributed by atoms with Crippen molar-refractivity contribution in [2.45, 2.75) is 32.1 Å². The average molecular weight is 287 g/mol. The minimum Gasteiger partial charge on any atom is -0.387 e. The Hall–Kier alpha value is -1.87. The van der Waals surface area contributed by atoms with Crippen LogP contribution in [0.4, 0.5) is 0 Å². The lowest BCUT2D eigenvalue weighted by atomic mass is 9.86. The summed E-state index contributed by atoms with van der Waals surface area (Å²) in [5, 5.41) is 11.4. The molecule has 0 aliphatic rings. The first kappa shape index (κ1) is 17.2. The lowest BCUT2D eigenvalue weighted by molar-refractivity contribution is -0.123. The van der Waals surface area contributed by atoms with Crippen LogP contribution in [0.2, 0.25) is 0 Å². The third kappa shape index (κ3) is 5.96. The summed E-state index contributed by atoms with van der Waals surface area (Å²) < 4.78 is 0. The largest absolute Gasteiger partial charge is 0.387 e. The molecule has 1 aromatic carbocycles. The van der Waals surface area contributed by atoms with E-state index in [4.69, 9.17) is 5.11 Å². The molecule has 0 aliphatic heterocycles. The molecule has 0 fully saturated rings. The molecule has 1 rings (SSSR count). The van der Waals surface area contributed by atoms with Gasteiger partial charge in [-0.2, -0.15) is 0 Å². The highest BCUT2D eigenvalue weighted by Crippen LogP contribution is 2.29. The second kappa shape index (κ2) is 9.14. The van der Waals surface area contributed by atoms with E-state index in [0.29, 0.717) is 12.5 Å². The summed E-state index contributed by atoms with van der Waals surface area (Å²) in [6, 6.07) is 8.29. The first-order valence-electron chi connectivity index (χ1n) is 7.29. The third-order valence-electron chi connectivity index (χ3n) is 3.40. The first-order valence-corrected chi connectivity index (χ1v) is 7.29. The number of carbonyl (C=O) groups is 1. The predicted molar refractivity (Wildman–Crippen MR) is 87.2 cm³/mol. The first-order chi connectivity index (χ1) is 10.1. The molecule has 0 saturated heterocycles. The average Bonchev–Trinajstić information content (AvgIpc) is 2.46. The van der Waals surface area contributed by atoms with E-state index in [1.807, 2.05) is 25.1 Å². The molecule has 0 radical (unpaired) electrons. The second-order valence-electron chi connectivity index (χ2n) is 5.34. The Kier molecular flexibility index (Phi) is 7.48. The molecular formula is C18H25NO2. The van der Waals surface area contributed by atoms with Gasteiger partial charge in [0.1, 0.15) is 6.61 Å². The summed E-state index contributed by atoms with van der Waals surface area (Å²) >= 11 is 0. The molecule has 0 spiro atoms. The number of rotatable bonds is 9. The van der Waals surface area contributed by atoms with E-state index in [1.54, 1.807) is 0 Å². The molecule has 1 amide bonds. The Morgan fingerprint density at radius 1 is 1.43 bits per heavy atom. The van der Waals surface area contributed by atoms with Crippen LogP contribution in [0.25, 0.3) is 0 Å². The van der Waals surface area contributed by atoms with Crippen molar-refractivity contribution in [2.24, 2.45) is 0 Å². The molecule has 1 aromatic rings. The monoisotopic (exact) mass is 287 g/mol. The fourth-order valence-corrected chi connectivity index (χ4v) is 2.49. The van der Waals surface area contributed by atoms with E-state index in [9.17, 15) is 4.79 Å². The Morgan fingerprint density at radius 3 is 2.76 bits per heavy atom. The number of allylic oxidation sites excluding steroid dienone is 2. The molecule has 1 atom stereocenters. The van der Waals surface area contributed by atoms with E-state index in [-0.39, 0.29) is 5.91 Å². The van der Waals surface area contributed by atoms with Crippen LogP contribution >= 0.6 is 0 Å². The summed E-state index contributed by atoms with van der Waals surface area (Å²) in [6.45, 7) is 9.97. The maximum absolute atomic E-state index is 11.1. The van der Waals surface area contributed by atoms with Crippen LogP contribution in [-0.4, -0.2) is 24.2 Å². The molecule has 3 nitrogen and oxygen atoms in total. The molecule has 0 saturated carbocycles. The number of hydrogen-bond acceptors (Lipinski definition) is 2. The Bertz CT molecular complexity index is 494. The van der Waals surface area contributed by atoms with Crippen LogP contribution < -0.4 is 5.32 Å². The van der Waals surface area contributed by atoms with Gasteiger partial charge in [-0.15, -0.1) is 13.2 Å². The van der Waals surface area contributed by atoms with Crippen molar-refractivity contribution >= 4 is 5.91 Å². The van der Waals surface area contributed by atoms with Crippen molar-refractivity contribution in [3.05, 3.63) is 60.2 Å². The van der Waals surface area contributed by atoms with Gasteiger partial charge in [0, 0.05) is 6.54 Å². The van der Waals surface area contributed by atoms with Gasteiger partial charge in [0.2, 0.25) is 5.91 Å². The van der Waals surface area contributed by atoms with Crippen molar-refractivity contribution in [3.8, 4) is 0 Å². The van der Waals surface area contributed by atoms with Crippen LogP contribution in [0.3, 0.4) is 0 Å². The molecule has 0 heterocycles. The Balaban J connectivity index is 2.82. The summed E-state index contributed by atoms with van der Waals surface area (Å²) in [6.07, 6.45) is 4.54. The van der Waals surface area contributed by atoms with Crippen LogP contribution in [0.15, 0.2) is 49.1 Å². The van der Waals surface area contributed by atoms with Crippen LogP contribution in [0.1, 0.15) is 36.8 Å². The Labute approximate surface area is 127 Å². The van der Waals surface area contributed by atoms with Crippen molar-refractivity contribution in [3.63, 3.8) is 0 Å². The maximum Gasteiger partial charge on any atom is 0.245 e. The topological polar surface area (TPSA) is 49.3 Å². The van der Waals surface area contributed by atoms with E-state index in [1.165, 1.54) is 11.1 Å². The van der Waals surface area contributed by atoms with Gasteiger partial charge in [-0.1, -0.05) is 35.9 Å². The molecule has 0 aliphatic carbocycles. The smallest absolute Gasteiger partial charge is 0.245 e. The lowest BCUT2D eigenvalue weighted by Crippen LogP contribution is -2.28. The van der Waals surface area contributed by atoms with Crippen LogP contribution in [0, 0.1) is 0 Å². The minimum absolute atomic E-state index is 0.336. The normalized spacial score (nSPS) is 11.7. The maximum atomic E-state index is 11.1. The van der Waals surface area contributed by atoms with Gasteiger partial charge in [0.25, 0.3) is 0 Å². The summed E-state index contributed by atoms with van der Waals surface area (Å²) in [5.41, 5.74) is 3.67. The highest BCUT2D eigenvalue weighted by atomic mass is 16.3. The standard InChI is InChI=1S/C18H25NO2/c1-4-7-16(12-14(2)3)17-9-6-5-8-15(17)10-11-19-18(21)13-20/h4-6,8-9,16,20H,1-2,7,10-13H2,3H3,(H,19,21). The number of hydrogen-bond donors (Lipinski definition) is 2. The number of benzene rings is 1. The highest BCUT2D eigenvalue weighted by Gasteiger charge is 2.14. The minimum atomic E-state index is -0.462. The number of nitrogens with one attached hydrogen (secondary N) is 1. The van der Waals surface area contributed by atoms with E-state index in [0.717, 1.165) is 24.8 Å². The van der Waals surface area contributed by atoms with Gasteiger partial charge in [-0.05, 0) is 43.2 Å². The lowest BCUT2D eigenvalue weighted by Gasteiger charge is -2.19. The molecule has 3 heteroatoms. The quantitative estimate of drug-likeness (QED) is 0.686. The van der Waals surface area contributed by atoms with Crippen LogP contribution in [0.5, 0.6) is 0 Å². The third-order valence-corrected chi connectivity index (χ3v) is 3.40. The second-order valence-corrected chi connectivity index (χ2v) is 5.34. The zero-order valence-corrected chi connectivity index (χ0v) is 12.8. The van der Waals surface area contributed by atoms with Crippen LogP contribution in [-0.2, 0) is 11.2 Å². The van der Waals surface area contributed by atoms with Gasteiger partial charge in [-0.25, -0.2) is 0 Å². The molecule has 2 N–H and O–H groups in total. The van der Waals surface area contributed by atoms with Crippen molar-refractivity contribution in [1.82, 2.24) is 5.32 Å². The molecule has 0 bridgehead atoms. The van der Waals surface area contributed by atoms with E-state index < -0.39 is 6.61 Å². The molecule has 1 unspecified atom stereocenters. The predicted octanol–water partition coefficient (Wildman–Crippen LogP) is 2.96. The van der Waals surface area contributed by atoms with Crippen molar-refractivity contribution in [2.75, 3.05) is 13.2 Å². The fourth-order valence-electron chi connectivity index (χ4n) is 2.49. The summed E-state index contributed by atoms with van der Waals surface area (Å²) in [4.78, 5) is 11.1. The number of aliphatic hydroxyl groups excluding tert-OH is 1. The number of carbonyl (C=O) groups excluding carboxylic acids is 1. The van der Waals surface area contributed by atoms with Gasteiger partial charge >= 0.3 is 0 Å². The Morgan fingerprint density at radius 2 is 2.14 bits per heavy atom. The van der Waals surface area contributed by atoms with Gasteiger partial charge in [-0.3, -0.25) is 4.79 Å². The molecular weight excluding hydrogens is 262 g/mol. The van der Waals surface area contributed by atoms with Gasteiger partial charge in [0.15, 0.2) is 0 Å². The zero-order valence-electron chi connectivity index (χ0n) is 12.8. The van der Waals surface area contributed by atoms with Gasteiger partial charge < -0.3 is 10.4 Å².